The molecule has 32 heavy (non-hydrogen) atoms. The Hall–Kier alpha value is -3.72. The summed E-state index contributed by atoms with van der Waals surface area (Å²) in [5.74, 6) is -1.81. The summed E-state index contributed by atoms with van der Waals surface area (Å²) in [6, 6.07) is 15.6. The highest BCUT2D eigenvalue weighted by Crippen LogP contribution is 2.26. The van der Waals surface area contributed by atoms with Crippen molar-refractivity contribution in [2.24, 2.45) is 0 Å². The number of hydrogen-bond acceptors (Lipinski definition) is 6. The van der Waals surface area contributed by atoms with Gasteiger partial charge in [0.2, 0.25) is 0 Å². The fraction of sp³-hybridized carbons (Fsp3) is 0.174. The third kappa shape index (κ3) is 6.14. The van der Waals surface area contributed by atoms with Crippen molar-refractivity contribution in [1.82, 2.24) is 10.6 Å². The van der Waals surface area contributed by atoms with Crippen LogP contribution in [0, 0.1) is 5.82 Å². The average Bonchev–Trinajstić information content (AvgIpc) is 3.35. The first-order chi connectivity index (χ1) is 15.5. The Kier molecular flexibility index (Phi) is 7.93. The first kappa shape index (κ1) is 23.0. The molecule has 7 nitrogen and oxygen atoms in total. The Morgan fingerprint density at radius 2 is 1.78 bits per heavy atom. The summed E-state index contributed by atoms with van der Waals surface area (Å²) < 4.78 is 23.3. The van der Waals surface area contributed by atoms with Gasteiger partial charge in [-0.05, 0) is 41.3 Å². The van der Waals surface area contributed by atoms with Gasteiger partial charge in [-0.3, -0.25) is 14.4 Å². The van der Waals surface area contributed by atoms with Crippen molar-refractivity contribution >= 4 is 29.1 Å². The summed E-state index contributed by atoms with van der Waals surface area (Å²) in [6.07, 6.45) is 0. The molecule has 0 spiro atoms. The number of halogens is 1. The van der Waals surface area contributed by atoms with E-state index >= 15 is 0 Å². The standard InChI is InChI=1S/C23H21FN2O5S/c1-30-18-6-3-2-5-17(18)23(29)25-13-21(28)31-14-20(27)26-22(19-7-4-12-32-19)15-8-10-16(24)11-9-15/h2-12,22H,13-14H2,1H3,(H,25,29)(H,26,27). The number of esters is 1. The summed E-state index contributed by atoms with van der Waals surface area (Å²) in [7, 11) is 1.44. The van der Waals surface area contributed by atoms with Gasteiger partial charge in [-0.25, -0.2) is 4.39 Å². The zero-order valence-corrected chi connectivity index (χ0v) is 18.0. The van der Waals surface area contributed by atoms with Crippen LogP contribution >= 0.6 is 11.3 Å². The van der Waals surface area contributed by atoms with Crippen molar-refractivity contribution in [3.05, 3.63) is 87.9 Å². The average molecular weight is 456 g/mol. The van der Waals surface area contributed by atoms with Crippen LogP contribution in [0.2, 0.25) is 0 Å². The number of methoxy groups -OCH3 is 1. The van der Waals surface area contributed by atoms with Crippen molar-refractivity contribution in [1.29, 1.82) is 0 Å². The Balaban J connectivity index is 1.52. The molecule has 0 radical (unpaired) electrons. The molecular formula is C23H21FN2O5S. The van der Waals surface area contributed by atoms with Gasteiger partial charge in [-0.2, -0.15) is 0 Å². The van der Waals surface area contributed by atoms with E-state index in [0.717, 1.165) is 4.88 Å². The zero-order chi connectivity index (χ0) is 22.9. The second kappa shape index (κ2) is 11.1. The van der Waals surface area contributed by atoms with Gasteiger partial charge in [-0.15, -0.1) is 11.3 Å². The van der Waals surface area contributed by atoms with E-state index in [4.69, 9.17) is 9.47 Å². The highest BCUT2D eigenvalue weighted by molar-refractivity contribution is 7.10. The number of nitrogens with one attached hydrogen (secondary N) is 2. The van der Waals surface area contributed by atoms with E-state index in [9.17, 15) is 18.8 Å². The molecule has 2 N–H and O–H groups in total. The van der Waals surface area contributed by atoms with Gasteiger partial charge in [0.25, 0.3) is 11.8 Å². The number of benzene rings is 2. The van der Waals surface area contributed by atoms with Crippen LogP contribution < -0.4 is 15.4 Å². The molecule has 1 heterocycles. The highest BCUT2D eigenvalue weighted by Gasteiger charge is 2.19. The molecule has 0 aliphatic rings. The van der Waals surface area contributed by atoms with Crippen LogP contribution in [0.25, 0.3) is 0 Å². The maximum atomic E-state index is 13.3. The van der Waals surface area contributed by atoms with Crippen LogP contribution in [0.3, 0.4) is 0 Å². The van der Waals surface area contributed by atoms with Gasteiger partial charge in [-0.1, -0.05) is 30.3 Å². The molecule has 1 aromatic heterocycles. The highest BCUT2D eigenvalue weighted by atomic mass is 32.1. The minimum Gasteiger partial charge on any atom is -0.496 e. The van der Waals surface area contributed by atoms with Crippen LogP contribution in [0.5, 0.6) is 5.75 Å². The minimum atomic E-state index is -0.766. The second-order valence-electron chi connectivity index (χ2n) is 6.61. The molecule has 9 heteroatoms. The number of amides is 2. The van der Waals surface area contributed by atoms with Crippen molar-refractivity contribution in [3.8, 4) is 5.75 Å². The number of rotatable bonds is 9. The largest absolute Gasteiger partial charge is 0.496 e. The van der Waals surface area contributed by atoms with Crippen LogP contribution in [-0.2, 0) is 14.3 Å². The lowest BCUT2D eigenvalue weighted by atomic mass is 10.1. The summed E-state index contributed by atoms with van der Waals surface area (Å²) in [6.45, 7) is -0.928. The zero-order valence-electron chi connectivity index (χ0n) is 17.2. The van der Waals surface area contributed by atoms with E-state index in [2.05, 4.69) is 10.6 Å². The van der Waals surface area contributed by atoms with E-state index in [1.54, 1.807) is 36.4 Å². The number of carbonyl (C=O) groups excluding carboxylic acids is 3. The van der Waals surface area contributed by atoms with Gasteiger partial charge in [0, 0.05) is 4.88 Å². The summed E-state index contributed by atoms with van der Waals surface area (Å²) in [5, 5.41) is 7.08. The number of thiophene rings is 1. The molecule has 0 fully saturated rings. The van der Waals surface area contributed by atoms with Crippen molar-refractivity contribution in [2.45, 2.75) is 6.04 Å². The first-order valence-corrected chi connectivity index (χ1v) is 10.5. The Morgan fingerprint density at radius 3 is 2.47 bits per heavy atom. The van der Waals surface area contributed by atoms with Gasteiger partial charge in [0.1, 0.15) is 18.1 Å². The molecule has 3 aromatic rings. The monoisotopic (exact) mass is 456 g/mol. The van der Waals surface area contributed by atoms with E-state index in [-0.39, 0.29) is 11.4 Å². The Morgan fingerprint density at radius 1 is 1.03 bits per heavy atom. The molecule has 2 aromatic carbocycles. The van der Waals surface area contributed by atoms with Crippen LogP contribution in [0.4, 0.5) is 4.39 Å². The lowest BCUT2D eigenvalue weighted by Gasteiger charge is -2.18. The fourth-order valence-corrected chi connectivity index (χ4v) is 3.71. The van der Waals surface area contributed by atoms with Gasteiger partial charge < -0.3 is 20.1 Å². The quantitative estimate of drug-likeness (QED) is 0.483. The van der Waals surface area contributed by atoms with Gasteiger partial charge in [0.15, 0.2) is 6.61 Å². The molecular weight excluding hydrogens is 435 g/mol. The molecule has 2 amide bonds. The third-order valence-electron chi connectivity index (χ3n) is 4.45. The van der Waals surface area contributed by atoms with E-state index in [0.29, 0.717) is 11.3 Å². The molecule has 0 aliphatic heterocycles. The number of hydrogen-bond donors (Lipinski definition) is 2. The van der Waals surface area contributed by atoms with E-state index in [1.165, 1.54) is 30.6 Å². The molecule has 1 unspecified atom stereocenters. The van der Waals surface area contributed by atoms with Crippen LogP contribution in [0.1, 0.15) is 26.8 Å². The maximum Gasteiger partial charge on any atom is 0.325 e. The number of para-hydroxylation sites is 1. The molecule has 0 aliphatic carbocycles. The maximum absolute atomic E-state index is 13.3. The second-order valence-corrected chi connectivity index (χ2v) is 7.59. The molecule has 0 saturated carbocycles. The molecule has 166 valence electrons. The summed E-state index contributed by atoms with van der Waals surface area (Å²) in [4.78, 5) is 37.4. The normalized spacial score (nSPS) is 11.3. The van der Waals surface area contributed by atoms with E-state index in [1.807, 2.05) is 17.5 Å². The van der Waals surface area contributed by atoms with Crippen molar-refractivity contribution in [2.75, 3.05) is 20.3 Å². The summed E-state index contributed by atoms with van der Waals surface area (Å²) >= 11 is 1.43. The van der Waals surface area contributed by atoms with Crippen LogP contribution in [0.15, 0.2) is 66.0 Å². The number of carbonyl (C=O) groups is 3. The topological polar surface area (TPSA) is 93.7 Å². The number of ether oxygens (including phenoxy) is 2. The summed E-state index contributed by atoms with van der Waals surface area (Å²) in [5.41, 5.74) is 0.969. The molecule has 3 rings (SSSR count). The van der Waals surface area contributed by atoms with Crippen molar-refractivity contribution in [3.63, 3.8) is 0 Å². The van der Waals surface area contributed by atoms with Crippen LogP contribution in [-0.4, -0.2) is 38.0 Å². The van der Waals surface area contributed by atoms with Gasteiger partial charge >= 0.3 is 5.97 Å². The molecule has 1 atom stereocenters. The van der Waals surface area contributed by atoms with E-state index < -0.39 is 37.0 Å². The first-order valence-electron chi connectivity index (χ1n) is 9.63. The lowest BCUT2D eigenvalue weighted by Crippen LogP contribution is -2.35. The lowest BCUT2D eigenvalue weighted by molar-refractivity contribution is -0.147. The smallest absolute Gasteiger partial charge is 0.325 e. The molecule has 0 bridgehead atoms. The Bertz CT molecular complexity index is 1070. The van der Waals surface area contributed by atoms with Crippen molar-refractivity contribution < 1.29 is 28.2 Å². The minimum absolute atomic E-state index is 0.277. The predicted octanol–water partition coefficient (Wildman–Crippen LogP) is 3.07. The van der Waals surface area contributed by atoms with Gasteiger partial charge in [0.05, 0.1) is 18.7 Å². The SMILES string of the molecule is COc1ccccc1C(=O)NCC(=O)OCC(=O)NC(c1ccc(F)cc1)c1cccs1. The third-order valence-corrected chi connectivity index (χ3v) is 5.38. The Labute approximate surface area is 188 Å². The predicted molar refractivity (Wildman–Crippen MR) is 117 cm³/mol. The molecule has 0 saturated heterocycles. The fourth-order valence-electron chi connectivity index (χ4n) is 2.91.